The molecule has 1 aliphatic rings. The van der Waals surface area contributed by atoms with Crippen LogP contribution in [-0.2, 0) is 5.41 Å². The van der Waals surface area contributed by atoms with Gasteiger partial charge in [0.1, 0.15) is 0 Å². The van der Waals surface area contributed by atoms with Crippen molar-refractivity contribution >= 4 is 0 Å². The van der Waals surface area contributed by atoms with Gasteiger partial charge in [-0.2, -0.15) is 0 Å². The molecule has 3 nitrogen and oxygen atoms in total. The predicted octanol–water partition coefficient (Wildman–Crippen LogP) is 13.8. The van der Waals surface area contributed by atoms with Crippen molar-refractivity contribution in [2.75, 3.05) is 0 Å². The van der Waals surface area contributed by atoms with Gasteiger partial charge >= 0.3 is 0 Å². The predicted molar refractivity (Wildman–Crippen MR) is 235 cm³/mol. The van der Waals surface area contributed by atoms with Gasteiger partial charge in [0.25, 0.3) is 0 Å². The Balaban J connectivity index is 1.00. The maximum atomic E-state index is 5.12. The van der Waals surface area contributed by atoms with Crippen molar-refractivity contribution in [2.24, 2.45) is 0 Å². The largest absolute Gasteiger partial charge is 0.256 e. The molecule has 0 bridgehead atoms. The number of benzene rings is 7. The normalized spacial score (nSPS) is 12.5. The van der Waals surface area contributed by atoms with Gasteiger partial charge in [0, 0.05) is 33.9 Å². The molecule has 57 heavy (non-hydrogen) atoms. The van der Waals surface area contributed by atoms with Crippen LogP contribution < -0.4 is 0 Å². The number of hydrogen-bond acceptors (Lipinski definition) is 3. The molecule has 0 radical (unpaired) electrons. The Morgan fingerprint density at radius 2 is 0.825 bits per heavy atom. The molecule has 9 aromatic rings. The fraction of sp³-hybridized carbons (Fsp3) is 0.0556. The minimum absolute atomic E-state index is 0.0375. The molecule has 0 N–H and O–H groups in total. The molecule has 0 amide bonds. The summed E-state index contributed by atoms with van der Waals surface area (Å²) in [4.78, 5) is 15.0. The van der Waals surface area contributed by atoms with E-state index in [9.17, 15) is 0 Å². The molecule has 0 fully saturated rings. The lowest BCUT2D eigenvalue weighted by Gasteiger charge is -2.21. The van der Waals surface area contributed by atoms with Gasteiger partial charge in [-0.15, -0.1) is 0 Å². The van der Waals surface area contributed by atoms with E-state index in [-0.39, 0.29) is 5.41 Å². The molecule has 1 aliphatic carbocycles. The van der Waals surface area contributed by atoms with Crippen LogP contribution in [0.15, 0.2) is 200 Å². The molecule has 3 heteroatoms. The third-order valence-electron chi connectivity index (χ3n) is 11.4. The lowest BCUT2D eigenvalue weighted by Crippen LogP contribution is -2.14. The van der Waals surface area contributed by atoms with Gasteiger partial charge in [-0.25, -0.2) is 9.97 Å². The number of rotatable bonds is 7. The maximum absolute atomic E-state index is 5.12. The average molecular weight is 730 g/mol. The Kier molecular flexibility index (Phi) is 8.49. The Morgan fingerprint density at radius 3 is 1.49 bits per heavy atom. The van der Waals surface area contributed by atoms with Crippen LogP contribution in [0.4, 0.5) is 0 Å². The van der Waals surface area contributed by atoms with E-state index in [1.807, 2.05) is 42.6 Å². The number of aromatic nitrogens is 3. The van der Waals surface area contributed by atoms with E-state index in [0.717, 1.165) is 50.5 Å². The summed E-state index contributed by atoms with van der Waals surface area (Å²) in [5, 5.41) is 0. The molecule has 0 spiro atoms. The van der Waals surface area contributed by atoms with Gasteiger partial charge in [-0.05, 0) is 92.0 Å². The van der Waals surface area contributed by atoms with Crippen molar-refractivity contribution < 1.29 is 0 Å². The number of pyridine rings is 1. The molecule has 0 saturated heterocycles. The zero-order chi connectivity index (χ0) is 38.3. The van der Waals surface area contributed by atoms with Crippen molar-refractivity contribution in [3.05, 3.63) is 211 Å². The third-order valence-corrected chi connectivity index (χ3v) is 11.4. The van der Waals surface area contributed by atoms with E-state index in [1.165, 1.54) is 44.5 Å². The second-order valence-electron chi connectivity index (χ2n) is 15.3. The Bertz CT molecular complexity index is 2910. The third kappa shape index (κ3) is 6.33. The minimum Gasteiger partial charge on any atom is -0.256 e. The van der Waals surface area contributed by atoms with E-state index < -0.39 is 0 Å². The molecule has 0 saturated carbocycles. The van der Waals surface area contributed by atoms with E-state index in [2.05, 4.69) is 172 Å². The highest BCUT2D eigenvalue weighted by molar-refractivity contribution is 5.93. The highest BCUT2D eigenvalue weighted by Gasteiger charge is 2.36. The molecular formula is C54H39N3. The molecule has 10 rings (SSSR count). The van der Waals surface area contributed by atoms with E-state index in [4.69, 9.17) is 15.0 Å². The molecule has 0 aliphatic heterocycles. The number of hydrogen-bond donors (Lipinski definition) is 0. The lowest BCUT2D eigenvalue weighted by molar-refractivity contribution is 0.660. The first-order valence-electron chi connectivity index (χ1n) is 19.5. The first kappa shape index (κ1) is 34.3. The van der Waals surface area contributed by atoms with Crippen molar-refractivity contribution in [3.63, 3.8) is 0 Å². The molecule has 7 aromatic carbocycles. The zero-order valence-electron chi connectivity index (χ0n) is 31.9. The summed E-state index contributed by atoms with van der Waals surface area (Å²) in [6, 6.07) is 68.8. The first-order valence-corrected chi connectivity index (χ1v) is 19.5. The number of nitrogens with zero attached hydrogens (tertiary/aromatic N) is 3. The van der Waals surface area contributed by atoms with Gasteiger partial charge in [-0.1, -0.05) is 172 Å². The summed E-state index contributed by atoms with van der Waals surface area (Å²) in [7, 11) is 0. The zero-order valence-corrected chi connectivity index (χ0v) is 31.9. The van der Waals surface area contributed by atoms with E-state index in [1.54, 1.807) is 0 Å². The molecule has 2 heterocycles. The Labute approximate surface area is 334 Å². The quantitative estimate of drug-likeness (QED) is 0.164. The average Bonchev–Trinajstić information content (AvgIpc) is 3.53. The summed E-state index contributed by atoms with van der Waals surface area (Å²) in [6.07, 6.45) is 1.91. The summed E-state index contributed by atoms with van der Waals surface area (Å²) in [6.45, 7) is 4.68. The van der Waals surface area contributed by atoms with Crippen LogP contribution in [0.25, 0.3) is 89.7 Å². The van der Waals surface area contributed by atoms with Crippen molar-refractivity contribution in [1.82, 2.24) is 15.0 Å². The van der Waals surface area contributed by atoms with Crippen molar-refractivity contribution in [3.8, 4) is 89.7 Å². The van der Waals surface area contributed by atoms with Gasteiger partial charge in [-0.3, -0.25) is 4.98 Å². The topological polar surface area (TPSA) is 38.7 Å². The first-order chi connectivity index (χ1) is 28.0. The van der Waals surface area contributed by atoms with Gasteiger partial charge in [0.15, 0.2) is 5.82 Å². The highest BCUT2D eigenvalue weighted by Crippen LogP contribution is 2.52. The van der Waals surface area contributed by atoms with Crippen molar-refractivity contribution in [1.29, 1.82) is 0 Å². The highest BCUT2D eigenvalue weighted by atomic mass is 14.9. The van der Waals surface area contributed by atoms with E-state index in [0.29, 0.717) is 5.82 Å². The van der Waals surface area contributed by atoms with Crippen LogP contribution >= 0.6 is 0 Å². The fourth-order valence-electron chi connectivity index (χ4n) is 8.38. The van der Waals surface area contributed by atoms with Crippen molar-refractivity contribution in [2.45, 2.75) is 19.3 Å². The Hall–Kier alpha value is -7.23. The SMILES string of the molecule is CC1(C)c2ccccc2-c2c(-c3cccc(-c4cccc(-c5cccc(-c6cc(-c7ccc(-c8ccccc8)nc7)nc(-c7ccccc7)n6)c5)c4)c3)cccc21. The van der Waals surface area contributed by atoms with Crippen LogP contribution in [0.2, 0.25) is 0 Å². The second-order valence-corrected chi connectivity index (χ2v) is 15.3. The van der Waals surface area contributed by atoms with E-state index >= 15 is 0 Å². The van der Waals surface area contributed by atoms with Gasteiger partial charge < -0.3 is 0 Å². The molecular weight excluding hydrogens is 691 g/mol. The van der Waals surface area contributed by atoms with Gasteiger partial charge in [0.2, 0.25) is 0 Å². The van der Waals surface area contributed by atoms with Crippen LogP contribution in [0.3, 0.4) is 0 Å². The second kappa shape index (κ2) is 14.1. The standard InChI is InChI=1S/C54H39N3/c1-54(2)47-27-10-9-25-46(47)52-45(26-14-28-48(52)54)42-23-12-21-40(32-42)38-19-11-20-39(31-38)41-22-13-24-43(33-41)50-34-51(57-53(56-50)37-17-7-4-8-18-37)44-29-30-49(55-35-44)36-15-5-3-6-16-36/h3-35H,1-2H3. The fourth-order valence-corrected chi connectivity index (χ4v) is 8.38. The monoisotopic (exact) mass is 729 g/mol. The van der Waals surface area contributed by atoms with Crippen LogP contribution in [0, 0.1) is 0 Å². The number of fused-ring (bicyclic) bond motifs is 3. The maximum Gasteiger partial charge on any atom is 0.160 e. The smallest absolute Gasteiger partial charge is 0.160 e. The van der Waals surface area contributed by atoms with Gasteiger partial charge in [0.05, 0.1) is 17.1 Å². The lowest BCUT2D eigenvalue weighted by atomic mass is 9.82. The minimum atomic E-state index is -0.0375. The van der Waals surface area contributed by atoms with Crippen LogP contribution in [-0.4, -0.2) is 15.0 Å². The van der Waals surface area contributed by atoms with Crippen LogP contribution in [0.1, 0.15) is 25.0 Å². The Morgan fingerprint density at radius 1 is 0.333 bits per heavy atom. The molecule has 2 aromatic heterocycles. The molecule has 0 unspecified atom stereocenters. The summed E-state index contributed by atoms with van der Waals surface area (Å²) in [5.41, 5.74) is 19.2. The molecule has 0 atom stereocenters. The van der Waals surface area contributed by atoms with Crippen LogP contribution in [0.5, 0.6) is 0 Å². The summed E-state index contributed by atoms with van der Waals surface area (Å²) in [5.74, 6) is 0.679. The summed E-state index contributed by atoms with van der Waals surface area (Å²) < 4.78 is 0. The summed E-state index contributed by atoms with van der Waals surface area (Å²) >= 11 is 0. The molecule has 270 valence electrons.